The van der Waals surface area contributed by atoms with Gasteiger partial charge < -0.3 is 5.73 Å². The minimum atomic E-state index is -0.886. The largest absolute Gasteiger partial charge is 0.400 e. The lowest BCUT2D eigenvalue weighted by molar-refractivity contribution is 0.642. The lowest BCUT2D eigenvalue weighted by Crippen LogP contribution is -1.92. The quantitative estimate of drug-likeness (QED) is 0.649. The molecule has 0 aromatic heterocycles. The first kappa shape index (κ1) is 10.2. The van der Waals surface area contributed by atoms with Crippen molar-refractivity contribution in [1.29, 1.82) is 0 Å². The van der Waals surface area contributed by atoms with E-state index in [0.717, 1.165) is 6.08 Å². The number of halogens is 3. The number of nitrogens with two attached hydrogens (primary N) is 1. The summed E-state index contributed by atoms with van der Waals surface area (Å²) >= 11 is 5.21. The topological polar surface area (TPSA) is 26.0 Å². The highest BCUT2D eigenvalue weighted by Crippen LogP contribution is 2.17. The molecule has 0 unspecified atom stereocenters. The normalized spacial score (nSPS) is 14.4. The van der Waals surface area contributed by atoms with E-state index in [2.05, 4.69) is 6.58 Å². The molecule has 0 rings (SSSR count). The lowest BCUT2D eigenvalue weighted by atomic mass is 10.3. The summed E-state index contributed by atoms with van der Waals surface area (Å²) in [5, 5.41) is -0.382. The van der Waals surface area contributed by atoms with Crippen molar-refractivity contribution in [1.82, 2.24) is 0 Å². The summed E-state index contributed by atoms with van der Waals surface area (Å²) in [5.74, 6) is -1.64. The molecule has 0 heterocycles. The van der Waals surface area contributed by atoms with Crippen LogP contribution in [-0.2, 0) is 0 Å². The van der Waals surface area contributed by atoms with Crippen LogP contribution in [0.3, 0.4) is 0 Å². The molecule has 0 saturated heterocycles. The van der Waals surface area contributed by atoms with Crippen LogP contribution in [0.4, 0.5) is 8.78 Å². The Morgan fingerprint density at radius 1 is 1.55 bits per heavy atom. The van der Waals surface area contributed by atoms with Crippen LogP contribution < -0.4 is 5.73 Å². The van der Waals surface area contributed by atoms with Crippen molar-refractivity contribution in [2.75, 3.05) is 0 Å². The van der Waals surface area contributed by atoms with Gasteiger partial charge in [0.25, 0.3) is 0 Å². The minimum absolute atomic E-state index is 0.0515. The van der Waals surface area contributed by atoms with Crippen molar-refractivity contribution in [2.24, 2.45) is 5.73 Å². The molecule has 0 radical (unpaired) electrons. The average Bonchev–Trinajstić information content (AvgIpc) is 1.87. The highest BCUT2D eigenvalue weighted by atomic mass is 35.5. The van der Waals surface area contributed by atoms with Gasteiger partial charge in [0, 0.05) is 5.70 Å². The fraction of sp³-hybridized carbons (Fsp3) is 0.143. The van der Waals surface area contributed by atoms with E-state index < -0.39 is 11.7 Å². The maximum Gasteiger partial charge on any atom is 0.143 e. The first-order valence-electron chi connectivity index (χ1n) is 2.79. The van der Waals surface area contributed by atoms with Crippen molar-refractivity contribution in [2.45, 2.75) is 6.92 Å². The van der Waals surface area contributed by atoms with E-state index in [1.807, 2.05) is 0 Å². The molecule has 0 amide bonds. The van der Waals surface area contributed by atoms with E-state index in [9.17, 15) is 8.78 Å². The molecule has 0 atom stereocenters. The lowest BCUT2D eigenvalue weighted by Gasteiger charge is -1.93. The summed E-state index contributed by atoms with van der Waals surface area (Å²) < 4.78 is 24.6. The molecule has 0 aliphatic heterocycles. The molecular weight excluding hydrogens is 172 g/mol. The average molecular weight is 180 g/mol. The van der Waals surface area contributed by atoms with Crippen molar-refractivity contribution in [3.8, 4) is 0 Å². The third-order valence-corrected chi connectivity index (χ3v) is 1.20. The smallest absolute Gasteiger partial charge is 0.143 e. The van der Waals surface area contributed by atoms with E-state index in [4.69, 9.17) is 17.3 Å². The van der Waals surface area contributed by atoms with Crippen LogP contribution in [0.1, 0.15) is 6.92 Å². The first-order chi connectivity index (χ1) is 4.95. The van der Waals surface area contributed by atoms with E-state index in [0.29, 0.717) is 0 Å². The molecule has 1 nitrogen and oxygen atoms in total. The van der Waals surface area contributed by atoms with Crippen molar-refractivity contribution < 1.29 is 8.78 Å². The van der Waals surface area contributed by atoms with Gasteiger partial charge in [-0.2, -0.15) is 0 Å². The number of rotatable bonds is 2. The molecule has 0 bridgehead atoms. The summed E-state index contributed by atoms with van der Waals surface area (Å²) in [6.45, 7) is 4.21. The Kier molecular flexibility index (Phi) is 3.82. The molecule has 0 aromatic rings. The van der Waals surface area contributed by atoms with Crippen LogP contribution in [0.25, 0.3) is 0 Å². The third-order valence-electron chi connectivity index (χ3n) is 0.889. The second-order valence-corrected chi connectivity index (χ2v) is 2.34. The SMILES string of the molecule is C=C(F)/C(Cl)=C\C(F)=C(\C)N. The molecule has 0 aliphatic carbocycles. The Morgan fingerprint density at radius 2 is 2.00 bits per heavy atom. The third kappa shape index (κ3) is 3.78. The Balaban J connectivity index is 4.58. The zero-order chi connectivity index (χ0) is 9.02. The summed E-state index contributed by atoms with van der Waals surface area (Å²) in [6, 6.07) is 0. The Labute approximate surface area is 68.8 Å². The number of allylic oxidation sites excluding steroid dienone is 5. The molecule has 0 saturated carbocycles. The molecular formula is C7H8ClF2N. The second kappa shape index (κ2) is 4.13. The Morgan fingerprint density at radius 3 is 2.27 bits per heavy atom. The van der Waals surface area contributed by atoms with Gasteiger partial charge in [0.05, 0.1) is 5.03 Å². The second-order valence-electron chi connectivity index (χ2n) is 1.93. The summed E-state index contributed by atoms with van der Waals surface area (Å²) in [6.07, 6.45) is 0.777. The maximum absolute atomic E-state index is 12.5. The monoisotopic (exact) mass is 179 g/mol. The van der Waals surface area contributed by atoms with Gasteiger partial charge in [0.1, 0.15) is 11.7 Å². The molecule has 0 aliphatic rings. The molecule has 11 heavy (non-hydrogen) atoms. The van der Waals surface area contributed by atoms with Crippen molar-refractivity contribution in [3.05, 3.63) is 35.0 Å². The summed E-state index contributed by atoms with van der Waals surface area (Å²) in [7, 11) is 0. The zero-order valence-corrected chi connectivity index (χ0v) is 6.75. The predicted molar refractivity (Wildman–Crippen MR) is 42.2 cm³/mol. The molecule has 0 aromatic carbocycles. The van der Waals surface area contributed by atoms with Gasteiger partial charge >= 0.3 is 0 Å². The molecule has 2 N–H and O–H groups in total. The van der Waals surface area contributed by atoms with Crippen LogP contribution in [0.2, 0.25) is 0 Å². The summed E-state index contributed by atoms with van der Waals surface area (Å²) in [4.78, 5) is 0. The van der Waals surface area contributed by atoms with Gasteiger partial charge in [-0.15, -0.1) is 0 Å². The number of hydrogen-bond acceptors (Lipinski definition) is 1. The van der Waals surface area contributed by atoms with Crippen LogP contribution in [-0.4, -0.2) is 0 Å². The van der Waals surface area contributed by atoms with E-state index >= 15 is 0 Å². The van der Waals surface area contributed by atoms with Crippen LogP contribution >= 0.6 is 11.6 Å². The molecule has 0 spiro atoms. The van der Waals surface area contributed by atoms with Gasteiger partial charge in [-0.1, -0.05) is 18.2 Å². The maximum atomic E-state index is 12.5. The van der Waals surface area contributed by atoms with Crippen LogP contribution in [0, 0.1) is 0 Å². The fourth-order valence-electron chi connectivity index (χ4n) is 0.303. The van der Waals surface area contributed by atoms with Crippen molar-refractivity contribution in [3.63, 3.8) is 0 Å². The van der Waals surface area contributed by atoms with Gasteiger partial charge in [0.15, 0.2) is 0 Å². The van der Waals surface area contributed by atoms with Gasteiger partial charge in [-0.05, 0) is 13.0 Å². The van der Waals surface area contributed by atoms with Crippen LogP contribution in [0.15, 0.2) is 35.0 Å². The van der Waals surface area contributed by atoms with Gasteiger partial charge in [-0.25, -0.2) is 8.78 Å². The van der Waals surface area contributed by atoms with E-state index in [-0.39, 0.29) is 10.7 Å². The molecule has 4 heteroatoms. The van der Waals surface area contributed by atoms with E-state index in [1.165, 1.54) is 6.92 Å². The Bertz CT molecular complexity index is 227. The first-order valence-corrected chi connectivity index (χ1v) is 3.16. The molecule has 0 fully saturated rings. The van der Waals surface area contributed by atoms with Gasteiger partial charge in [-0.3, -0.25) is 0 Å². The van der Waals surface area contributed by atoms with E-state index in [1.54, 1.807) is 0 Å². The standard InChI is InChI=1S/C7H8ClF2N/c1-4(9)6(8)3-7(10)5(2)11/h3H,1,11H2,2H3/b6-3+,7-5+. The van der Waals surface area contributed by atoms with Crippen LogP contribution in [0.5, 0.6) is 0 Å². The Hall–Kier alpha value is -0.830. The molecule has 62 valence electrons. The number of hydrogen-bond donors (Lipinski definition) is 1. The fourth-order valence-corrected chi connectivity index (χ4v) is 0.399. The zero-order valence-electron chi connectivity index (χ0n) is 6.00. The minimum Gasteiger partial charge on any atom is -0.400 e. The van der Waals surface area contributed by atoms with Crippen molar-refractivity contribution >= 4 is 11.6 Å². The highest BCUT2D eigenvalue weighted by Gasteiger charge is 2.00. The highest BCUT2D eigenvalue weighted by molar-refractivity contribution is 6.31. The van der Waals surface area contributed by atoms with Gasteiger partial charge in [0.2, 0.25) is 0 Å². The predicted octanol–water partition coefficient (Wildman–Crippen LogP) is 2.75. The summed E-state index contributed by atoms with van der Waals surface area (Å²) in [5.41, 5.74) is 4.98.